The maximum atomic E-state index is 15.5. The maximum absolute atomic E-state index is 15.5. The molecule has 0 bridgehead atoms. The number of esters is 1. The van der Waals surface area contributed by atoms with Crippen LogP contribution in [0.2, 0.25) is 18.1 Å². The minimum absolute atomic E-state index is 0.0511. The Balaban J connectivity index is 2.53. The zero-order chi connectivity index (χ0) is 22.5. The van der Waals surface area contributed by atoms with E-state index in [1.165, 1.54) is 12.1 Å². The highest BCUT2D eigenvalue weighted by Crippen LogP contribution is 2.57. The number of aliphatic hydroxyl groups is 1. The first-order chi connectivity index (χ1) is 12.9. The van der Waals surface area contributed by atoms with E-state index >= 15 is 8.78 Å². The van der Waals surface area contributed by atoms with Crippen LogP contribution in [-0.2, 0) is 19.6 Å². The number of carbonyl (C=O) groups is 1. The summed E-state index contributed by atoms with van der Waals surface area (Å²) in [5.41, 5.74) is -3.54. The summed E-state index contributed by atoms with van der Waals surface area (Å²) in [6.07, 6.45) is -1.66. The third kappa shape index (κ3) is 4.40. The van der Waals surface area contributed by atoms with Gasteiger partial charge in [-0.3, -0.25) is 0 Å². The first-order valence-electron chi connectivity index (χ1n) is 9.56. The zero-order valence-corrected chi connectivity index (χ0v) is 19.3. The van der Waals surface area contributed by atoms with E-state index in [0.29, 0.717) is 0 Å². The van der Waals surface area contributed by atoms with Gasteiger partial charge in [-0.1, -0.05) is 45.0 Å². The summed E-state index contributed by atoms with van der Waals surface area (Å²) in [6, 6.07) is 6.06. The monoisotopic (exact) mass is 424 g/mol. The van der Waals surface area contributed by atoms with E-state index in [9.17, 15) is 9.90 Å². The SMILES string of the molecule is CC(C)(C)OC(=O)C#C[C@@]1(O)c2ccccc2[C@H](O[Si](C)(C)C(C)(C)C)C1(F)F. The molecule has 1 aromatic rings. The van der Waals surface area contributed by atoms with Gasteiger partial charge in [0.1, 0.15) is 11.7 Å². The van der Waals surface area contributed by atoms with Gasteiger partial charge in [0, 0.05) is 11.5 Å². The molecule has 2 rings (SSSR count). The van der Waals surface area contributed by atoms with Crippen LogP contribution in [0.3, 0.4) is 0 Å². The summed E-state index contributed by atoms with van der Waals surface area (Å²) in [6.45, 7) is 14.5. The highest BCUT2D eigenvalue weighted by atomic mass is 28.4. The van der Waals surface area contributed by atoms with Gasteiger partial charge in [0.25, 0.3) is 0 Å². The van der Waals surface area contributed by atoms with E-state index in [4.69, 9.17) is 9.16 Å². The average molecular weight is 425 g/mol. The fraction of sp³-hybridized carbons (Fsp3) is 0.591. The van der Waals surface area contributed by atoms with Crippen molar-refractivity contribution in [3.63, 3.8) is 0 Å². The third-order valence-electron chi connectivity index (χ3n) is 5.41. The van der Waals surface area contributed by atoms with Crippen molar-refractivity contribution in [2.24, 2.45) is 0 Å². The van der Waals surface area contributed by atoms with Gasteiger partial charge in [0.05, 0.1) is 0 Å². The van der Waals surface area contributed by atoms with Crippen LogP contribution in [0.15, 0.2) is 24.3 Å². The molecule has 4 nitrogen and oxygen atoms in total. The predicted octanol–water partition coefficient (Wildman–Crippen LogP) is 4.93. The Morgan fingerprint density at radius 1 is 1.14 bits per heavy atom. The van der Waals surface area contributed by atoms with Crippen LogP contribution in [0.25, 0.3) is 0 Å². The first-order valence-corrected chi connectivity index (χ1v) is 12.5. The Hall–Kier alpha value is -1.75. The van der Waals surface area contributed by atoms with Crippen LogP contribution >= 0.6 is 0 Å². The molecule has 0 aliphatic heterocycles. The Labute approximate surface area is 172 Å². The Bertz CT molecular complexity index is 856. The second-order valence-electron chi connectivity index (χ2n) is 9.93. The molecule has 0 saturated heterocycles. The van der Waals surface area contributed by atoms with Crippen LogP contribution in [-0.4, -0.2) is 30.9 Å². The highest BCUT2D eigenvalue weighted by molar-refractivity contribution is 6.74. The topological polar surface area (TPSA) is 55.8 Å². The molecule has 1 aliphatic rings. The molecule has 7 heteroatoms. The summed E-state index contributed by atoms with van der Waals surface area (Å²) < 4.78 is 42.2. The lowest BCUT2D eigenvalue weighted by Gasteiger charge is -2.40. The quantitative estimate of drug-likeness (QED) is 0.317. The Morgan fingerprint density at radius 3 is 2.21 bits per heavy atom. The van der Waals surface area contributed by atoms with Gasteiger partial charge >= 0.3 is 11.9 Å². The molecule has 0 radical (unpaired) electrons. The van der Waals surface area contributed by atoms with E-state index in [0.717, 1.165) is 0 Å². The van der Waals surface area contributed by atoms with E-state index in [1.807, 2.05) is 39.8 Å². The lowest BCUT2D eigenvalue weighted by molar-refractivity contribution is -0.193. The lowest BCUT2D eigenvalue weighted by atomic mass is 9.94. The van der Waals surface area contributed by atoms with Crippen molar-refractivity contribution < 1.29 is 27.8 Å². The molecule has 29 heavy (non-hydrogen) atoms. The molecule has 1 aromatic carbocycles. The average Bonchev–Trinajstić information content (AvgIpc) is 2.69. The molecule has 0 saturated carbocycles. The Kier molecular flexibility index (Phi) is 5.83. The number of benzene rings is 1. The molecule has 2 atom stereocenters. The number of rotatable bonds is 2. The second-order valence-corrected chi connectivity index (χ2v) is 14.7. The van der Waals surface area contributed by atoms with Gasteiger partial charge in [0.2, 0.25) is 5.60 Å². The summed E-state index contributed by atoms with van der Waals surface area (Å²) in [4.78, 5) is 11.9. The van der Waals surface area contributed by atoms with Crippen molar-refractivity contribution in [1.29, 1.82) is 0 Å². The minimum Gasteiger partial charge on any atom is -0.450 e. The predicted molar refractivity (Wildman–Crippen MR) is 110 cm³/mol. The maximum Gasteiger partial charge on any atom is 0.384 e. The molecule has 0 heterocycles. The molecular formula is C22H30F2O4Si. The minimum atomic E-state index is -3.75. The van der Waals surface area contributed by atoms with E-state index in [1.54, 1.807) is 32.9 Å². The van der Waals surface area contributed by atoms with Crippen molar-refractivity contribution in [3.8, 4) is 11.8 Å². The molecular weight excluding hydrogens is 394 g/mol. The summed E-state index contributed by atoms with van der Waals surface area (Å²) in [7, 11) is -2.60. The number of hydrogen-bond donors (Lipinski definition) is 1. The van der Waals surface area contributed by atoms with Crippen molar-refractivity contribution in [3.05, 3.63) is 35.4 Å². The van der Waals surface area contributed by atoms with Crippen molar-refractivity contribution in [2.75, 3.05) is 0 Å². The molecule has 0 aromatic heterocycles. The van der Waals surface area contributed by atoms with Crippen LogP contribution < -0.4 is 0 Å². The van der Waals surface area contributed by atoms with E-state index in [2.05, 4.69) is 5.92 Å². The highest BCUT2D eigenvalue weighted by Gasteiger charge is 2.67. The van der Waals surface area contributed by atoms with Crippen molar-refractivity contribution >= 4 is 14.3 Å². The molecule has 1 aliphatic carbocycles. The number of hydrogen-bond acceptors (Lipinski definition) is 4. The van der Waals surface area contributed by atoms with Gasteiger partial charge in [0.15, 0.2) is 8.32 Å². The van der Waals surface area contributed by atoms with Gasteiger partial charge in [-0.15, -0.1) is 0 Å². The molecule has 0 spiro atoms. The van der Waals surface area contributed by atoms with Gasteiger partial charge < -0.3 is 14.3 Å². The van der Waals surface area contributed by atoms with Gasteiger partial charge in [-0.05, 0) is 50.4 Å². The van der Waals surface area contributed by atoms with Crippen LogP contribution in [0.1, 0.15) is 58.8 Å². The molecule has 160 valence electrons. The largest absolute Gasteiger partial charge is 0.450 e. The Morgan fingerprint density at radius 2 is 1.69 bits per heavy atom. The van der Waals surface area contributed by atoms with Crippen LogP contribution in [0, 0.1) is 11.8 Å². The number of ether oxygens (including phenoxy) is 1. The lowest BCUT2D eigenvalue weighted by Crippen LogP contribution is -2.49. The number of carbonyl (C=O) groups excluding carboxylic acids is 1. The van der Waals surface area contributed by atoms with Crippen LogP contribution in [0.4, 0.5) is 8.78 Å². The standard InChI is InChI=1S/C22H30F2O4Si/c1-19(2,3)27-17(25)13-14-21(26)16-12-10-9-11-15(16)18(22(21,23)24)28-29(7,8)20(4,5)6/h9-12,18,26H,1-8H3/t18-,21+/m0/s1. The normalized spacial score (nSPS) is 23.8. The first kappa shape index (κ1) is 23.5. The number of halogens is 2. The van der Waals surface area contributed by atoms with Gasteiger partial charge in [-0.25, -0.2) is 4.79 Å². The summed E-state index contributed by atoms with van der Waals surface area (Å²) in [5, 5.41) is 10.7. The molecule has 0 fully saturated rings. The smallest absolute Gasteiger partial charge is 0.384 e. The summed E-state index contributed by atoms with van der Waals surface area (Å²) >= 11 is 0. The summed E-state index contributed by atoms with van der Waals surface area (Å²) in [5.74, 6) is -0.583. The molecule has 0 unspecified atom stereocenters. The fourth-order valence-corrected chi connectivity index (χ4v) is 4.04. The zero-order valence-electron chi connectivity index (χ0n) is 18.3. The van der Waals surface area contributed by atoms with E-state index in [-0.39, 0.29) is 16.2 Å². The van der Waals surface area contributed by atoms with Crippen molar-refractivity contribution in [2.45, 2.75) is 82.9 Å². The fourth-order valence-electron chi connectivity index (χ4n) is 2.82. The molecule has 0 amide bonds. The van der Waals surface area contributed by atoms with Crippen molar-refractivity contribution in [1.82, 2.24) is 0 Å². The molecule has 1 N–H and O–H groups in total. The van der Waals surface area contributed by atoms with Gasteiger partial charge in [-0.2, -0.15) is 8.78 Å². The van der Waals surface area contributed by atoms with E-state index < -0.39 is 37.5 Å². The number of alkyl halides is 2. The second kappa shape index (κ2) is 7.19. The van der Waals surface area contributed by atoms with Crippen LogP contribution in [0.5, 0.6) is 0 Å². The third-order valence-corrected chi connectivity index (χ3v) is 9.85. The number of fused-ring (bicyclic) bond motifs is 1.